The molecule has 0 heterocycles. The maximum absolute atomic E-state index is 9.88. The molecular formula is C13H20ClNO. The van der Waals surface area contributed by atoms with Crippen LogP contribution in [0.3, 0.4) is 0 Å². The second kappa shape index (κ2) is 4.64. The summed E-state index contributed by atoms with van der Waals surface area (Å²) < 4.78 is 0. The third kappa shape index (κ3) is 3.39. The fraction of sp³-hybridized carbons (Fsp3) is 0.538. The number of halogens is 1. The molecule has 2 nitrogen and oxygen atoms in total. The Morgan fingerprint density at radius 3 is 2.38 bits per heavy atom. The molecule has 0 fully saturated rings. The second-order valence-corrected chi connectivity index (χ2v) is 5.74. The second-order valence-electron chi connectivity index (χ2n) is 5.33. The lowest BCUT2D eigenvalue weighted by molar-refractivity contribution is 0.449. The molecule has 0 atom stereocenters. The Morgan fingerprint density at radius 2 is 1.94 bits per heavy atom. The lowest BCUT2D eigenvalue weighted by Crippen LogP contribution is -2.34. The summed E-state index contributed by atoms with van der Waals surface area (Å²) >= 11 is 6.00. The van der Waals surface area contributed by atoms with Crippen LogP contribution in [-0.2, 0) is 6.42 Å². The smallest absolute Gasteiger partial charge is 0.137 e. The van der Waals surface area contributed by atoms with E-state index in [1.807, 2.05) is 26.0 Å². The van der Waals surface area contributed by atoms with Gasteiger partial charge in [-0.2, -0.15) is 0 Å². The third-order valence-electron chi connectivity index (χ3n) is 2.48. The molecule has 0 spiro atoms. The molecule has 0 aromatic heterocycles. The fourth-order valence-corrected chi connectivity index (χ4v) is 1.89. The molecule has 3 heteroatoms. The summed E-state index contributed by atoms with van der Waals surface area (Å²) in [4.78, 5) is 0. The Labute approximate surface area is 102 Å². The van der Waals surface area contributed by atoms with E-state index in [4.69, 9.17) is 17.3 Å². The molecule has 0 saturated heterocycles. The van der Waals surface area contributed by atoms with Crippen molar-refractivity contribution in [2.75, 3.05) is 0 Å². The zero-order valence-corrected chi connectivity index (χ0v) is 11.1. The molecule has 3 N–H and O–H groups in total. The van der Waals surface area contributed by atoms with Crippen molar-refractivity contribution >= 4 is 11.6 Å². The maximum atomic E-state index is 9.88. The van der Waals surface area contributed by atoms with Crippen LogP contribution in [0.5, 0.6) is 5.75 Å². The summed E-state index contributed by atoms with van der Waals surface area (Å²) in [6.07, 6.45) is 0.610. The number of hydrogen-bond donors (Lipinski definition) is 2. The molecular weight excluding hydrogens is 222 g/mol. The number of phenolic OH excluding ortho intramolecular Hbond substituents is 1. The van der Waals surface area contributed by atoms with E-state index in [0.29, 0.717) is 17.4 Å². The molecule has 0 radical (unpaired) electrons. The van der Waals surface area contributed by atoms with Crippen LogP contribution in [0.1, 0.15) is 44.7 Å². The summed E-state index contributed by atoms with van der Waals surface area (Å²) in [5.74, 6) is 0.544. The van der Waals surface area contributed by atoms with E-state index < -0.39 is 0 Å². The Balaban J connectivity index is 3.17. The summed E-state index contributed by atoms with van der Waals surface area (Å²) in [6, 6.07) is 3.80. The van der Waals surface area contributed by atoms with Gasteiger partial charge in [0.1, 0.15) is 5.75 Å². The Hall–Kier alpha value is -0.730. The quantitative estimate of drug-likeness (QED) is 0.852. The summed E-state index contributed by atoms with van der Waals surface area (Å²) in [5.41, 5.74) is 7.56. The molecule has 0 aliphatic heterocycles. The maximum Gasteiger partial charge on any atom is 0.137 e. The average molecular weight is 242 g/mol. The number of rotatable bonds is 3. The van der Waals surface area contributed by atoms with Crippen LogP contribution in [0.15, 0.2) is 12.1 Å². The van der Waals surface area contributed by atoms with E-state index in [1.165, 1.54) is 0 Å². The molecule has 1 aromatic rings. The van der Waals surface area contributed by atoms with Crippen molar-refractivity contribution in [1.29, 1.82) is 0 Å². The highest BCUT2D eigenvalue weighted by molar-refractivity contribution is 6.32. The van der Waals surface area contributed by atoms with E-state index in [2.05, 4.69) is 13.8 Å². The van der Waals surface area contributed by atoms with E-state index in [-0.39, 0.29) is 11.3 Å². The number of benzene rings is 1. The van der Waals surface area contributed by atoms with Gasteiger partial charge in [0.05, 0.1) is 5.02 Å². The van der Waals surface area contributed by atoms with Crippen LogP contribution in [0, 0.1) is 0 Å². The lowest BCUT2D eigenvalue weighted by atomic mass is 9.92. The van der Waals surface area contributed by atoms with E-state index in [1.54, 1.807) is 0 Å². The standard InChI is InChI=1S/C13H20ClNO/c1-8(2)9-5-10(7-13(3,4)15)12(16)11(14)6-9/h5-6,8,16H,7,15H2,1-4H3. The molecule has 16 heavy (non-hydrogen) atoms. The van der Waals surface area contributed by atoms with Gasteiger partial charge in [-0.25, -0.2) is 0 Å². The van der Waals surface area contributed by atoms with E-state index >= 15 is 0 Å². The summed E-state index contributed by atoms with van der Waals surface area (Å²) in [7, 11) is 0. The lowest BCUT2D eigenvalue weighted by Gasteiger charge is -2.20. The predicted molar refractivity (Wildman–Crippen MR) is 69.2 cm³/mol. The van der Waals surface area contributed by atoms with Crippen molar-refractivity contribution in [3.63, 3.8) is 0 Å². The van der Waals surface area contributed by atoms with Crippen molar-refractivity contribution in [1.82, 2.24) is 0 Å². The molecule has 0 aliphatic rings. The van der Waals surface area contributed by atoms with Gasteiger partial charge in [0.2, 0.25) is 0 Å². The van der Waals surface area contributed by atoms with Crippen molar-refractivity contribution in [2.24, 2.45) is 5.73 Å². The van der Waals surface area contributed by atoms with Crippen LogP contribution < -0.4 is 5.73 Å². The molecule has 1 rings (SSSR count). The van der Waals surface area contributed by atoms with Gasteiger partial charge in [-0.3, -0.25) is 0 Å². The molecule has 0 aliphatic carbocycles. The van der Waals surface area contributed by atoms with E-state index in [0.717, 1.165) is 11.1 Å². The first-order valence-electron chi connectivity index (χ1n) is 5.51. The molecule has 90 valence electrons. The van der Waals surface area contributed by atoms with Gasteiger partial charge >= 0.3 is 0 Å². The Kier molecular flexibility index (Phi) is 3.87. The van der Waals surface area contributed by atoms with Gasteiger partial charge in [0, 0.05) is 5.54 Å². The van der Waals surface area contributed by atoms with Crippen LogP contribution in [0.25, 0.3) is 0 Å². The summed E-state index contributed by atoms with van der Waals surface area (Å²) in [6.45, 7) is 8.06. The third-order valence-corrected chi connectivity index (χ3v) is 2.77. The van der Waals surface area contributed by atoms with Crippen LogP contribution >= 0.6 is 11.6 Å². The normalized spacial score (nSPS) is 12.2. The molecule has 0 unspecified atom stereocenters. The zero-order valence-electron chi connectivity index (χ0n) is 10.3. The van der Waals surface area contributed by atoms with Gasteiger partial charge in [0.25, 0.3) is 0 Å². The monoisotopic (exact) mass is 241 g/mol. The minimum Gasteiger partial charge on any atom is -0.506 e. The highest BCUT2D eigenvalue weighted by atomic mass is 35.5. The van der Waals surface area contributed by atoms with Crippen molar-refractivity contribution in [3.05, 3.63) is 28.3 Å². The molecule has 0 bridgehead atoms. The first kappa shape index (κ1) is 13.3. The van der Waals surface area contributed by atoms with Gasteiger partial charge in [-0.1, -0.05) is 31.5 Å². The highest BCUT2D eigenvalue weighted by Crippen LogP contribution is 2.33. The minimum atomic E-state index is -0.351. The Bertz CT molecular complexity index is 380. The zero-order chi connectivity index (χ0) is 12.5. The number of phenols is 1. The number of hydrogen-bond acceptors (Lipinski definition) is 2. The highest BCUT2D eigenvalue weighted by Gasteiger charge is 2.17. The van der Waals surface area contributed by atoms with Gasteiger partial charge in [-0.05, 0) is 43.4 Å². The SMILES string of the molecule is CC(C)c1cc(Cl)c(O)c(CC(C)(C)N)c1. The van der Waals surface area contributed by atoms with Crippen molar-refractivity contribution in [3.8, 4) is 5.75 Å². The number of aromatic hydroxyl groups is 1. The van der Waals surface area contributed by atoms with Crippen LogP contribution in [0.2, 0.25) is 5.02 Å². The van der Waals surface area contributed by atoms with Crippen LogP contribution in [0.4, 0.5) is 0 Å². The fourth-order valence-electron chi connectivity index (χ4n) is 1.64. The van der Waals surface area contributed by atoms with Crippen molar-refractivity contribution < 1.29 is 5.11 Å². The van der Waals surface area contributed by atoms with E-state index in [9.17, 15) is 5.11 Å². The predicted octanol–water partition coefficient (Wildman–Crippen LogP) is 3.45. The largest absolute Gasteiger partial charge is 0.506 e. The van der Waals surface area contributed by atoms with Gasteiger partial charge in [0.15, 0.2) is 0 Å². The average Bonchev–Trinajstić information content (AvgIpc) is 2.10. The first-order chi connectivity index (χ1) is 7.20. The molecule has 0 amide bonds. The van der Waals surface area contributed by atoms with Crippen molar-refractivity contribution in [2.45, 2.75) is 45.6 Å². The molecule has 1 aromatic carbocycles. The van der Waals surface area contributed by atoms with Crippen LogP contribution in [-0.4, -0.2) is 10.6 Å². The minimum absolute atomic E-state index is 0.157. The van der Waals surface area contributed by atoms with Gasteiger partial charge in [-0.15, -0.1) is 0 Å². The first-order valence-corrected chi connectivity index (χ1v) is 5.88. The van der Waals surface area contributed by atoms with Gasteiger partial charge < -0.3 is 10.8 Å². The Morgan fingerprint density at radius 1 is 1.38 bits per heavy atom. The summed E-state index contributed by atoms with van der Waals surface area (Å²) in [5, 5.41) is 10.3. The molecule has 0 saturated carbocycles. The topological polar surface area (TPSA) is 46.2 Å². The number of nitrogens with two attached hydrogens (primary N) is 1.